The van der Waals surface area contributed by atoms with Crippen LogP contribution in [-0.2, 0) is 4.79 Å². The summed E-state index contributed by atoms with van der Waals surface area (Å²) in [6.07, 6.45) is 3.88. The number of hydrogen-bond donors (Lipinski definition) is 1. The first-order chi connectivity index (χ1) is 5.75. The molecule has 0 fully saturated rings. The largest absolute Gasteiger partial charge is 0.398 e. The molecule has 1 aromatic carbocycles. The molecule has 0 radical (unpaired) electrons. The van der Waals surface area contributed by atoms with Crippen molar-refractivity contribution in [2.45, 2.75) is 6.92 Å². The molecule has 0 aromatic heterocycles. The first-order valence-corrected chi connectivity index (χ1v) is 3.72. The summed E-state index contributed by atoms with van der Waals surface area (Å²) in [6, 6.07) is 5.73. The normalized spacial score (nSPS) is 10.4. The van der Waals surface area contributed by atoms with Crippen molar-refractivity contribution in [3.05, 3.63) is 35.4 Å². The molecule has 0 spiro atoms. The van der Waals surface area contributed by atoms with Crippen LogP contribution in [0.4, 0.5) is 5.69 Å². The molecule has 2 heteroatoms. The van der Waals surface area contributed by atoms with Gasteiger partial charge in [0.2, 0.25) is 0 Å². The second-order valence-corrected chi connectivity index (χ2v) is 2.57. The van der Waals surface area contributed by atoms with Gasteiger partial charge in [0.15, 0.2) is 0 Å². The van der Waals surface area contributed by atoms with Crippen molar-refractivity contribution in [2.24, 2.45) is 0 Å². The van der Waals surface area contributed by atoms with Crippen molar-refractivity contribution in [1.82, 2.24) is 0 Å². The molecule has 0 saturated heterocycles. The fraction of sp³-hybridized carbons (Fsp3) is 0.100. The zero-order valence-electron chi connectivity index (χ0n) is 6.95. The number of para-hydroxylation sites is 1. The minimum atomic E-state index is 0.732. The highest BCUT2D eigenvalue weighted by Crippen LogP contribution is 2.17. The quantitative estimate of drug-likeness (QED) is 0.408. The summed E-state index contributed by atoms with van der Waals surface area (Å²) in [5.74, 6) is 0. The van der Waals surface area contributed by atoms with E-state index in [0.717, 1.165) is 23.1 Å². The standard InChI is InChI=1S/C10H11NO/c1-8-4-2-5-9(10(8)11)6-3-7-12/h2-7H,11H2,1H3. The van der Waals surface area contributed by atoms with E-state index in [9.17, 15) is 4.79 Å². The summed E-state index contributed by atoms with van der Waals surface area (Å²) >= 11 is 0. The predicted octanol–water partition coefficient (Wildman–Crippen LogP) is 1.79. The molecule has 0 atom stereocenters. The Morgan fingerprint density at radius 1 is 1.42 bits per heavy atom. The lowest BCUT2D eigenvalue weighted by Crippen LogP contribution is -1.92. The lowest BCUT2D eigenvalue weighted by molar-refractivity contribution is -0.104. The number of benzene rings is 1. The van der Waals surface area contributed by atoms with Crippen LogP contribution >= 0.6 is 0 Å². The van der Waals surface area contributed by atoms with Gasteiger partial charge in [0, 0.05) is 5.69 Å². The Bertz CT molecular complexity index is 316. The van der Waals surface area contributed by atoms with Gasteiger partial charge in [0.25, 0.3) is 0 Å². The molecule has 2 nitrogen and oxygen atoms in total. The average Bonchev–Trinajstić information content (AvgIpc) is 2.08. The second-order valence-electron chi connectivity index (χ2n) is 2.57. The van der Waals surface area contributed by atoms with Gasteiger partial charge < -0.3 is 5.73 Å². The zero-order chi connectivity index (χ0) is 8.97. The summed E-state index contributed by atoms with van der Waals surface area (Å²) in [7, 11) is 0. The van der Waals surface area contributed by atoms with Gasteiger partial charge >= 0.3 is 0 Å². The molecule has 1 aromatic rings. The number of aryl methyl sites for hydroxylation is 1. The van der Waals surface area contributed by atoms with E-state index >= 15 is 0 Å². The molecule has 1 rings (SSSR count). The highest BCUT2D eigenvalue weighted by Gasteiger charge is 1.95. The number of nitrogen functional groups attached to an aromatic ring is 1. The van der Waals surface area contributed by atoms with Gasteiger partial charge in [-0.05, 0) is 30.2 Å². The van der Waals surface area contributed by atoms with Crippen LogP contribution < -0.4 is 5.73 Å². The van der Waals surface area contributed by atoms with Crippen LogP contribution in [0.5, 0.6) is 0 Å². The zero-order valence-corrected chi connectivity index (χ0v) is 6.95. The van der Waals surface area contributed by atoms with Gasteiger partial charge in [-0.2, -0.15) is 0 Å². The first-order valence-electron chi connectivity index (χ1n) is 3.72. The molecular weight excluding hydrogens is 150 g/mol. The van der Waals surface area contributed by atoms with Crippen molar-refractivity contribution >= 4 is 18.0 Å². The monoisotopic (exact) mass is 161 g/mol. The number of aldehydes is 1. The van der Waals surface area contributed by atoms with E-state index in [1.165, 1.54) is 6.08 Å². The third kappa shape index (κ3) is 1.72. The number of carbonyl (C=O) groups is 1. The number of carbonyl (C=O) groups excluding carboxylic acids is 1. The second kappa shape index (κ2) is 3.72. The van der Waals surface area contributed by atoms with Gasteiger partial charge in [0.05, 0.1) is 0 Å². The smallest absolute Gasteiger partial charge is 0.142 e. The molecule has 0 aliphatic carbocycles. The number of hydrogen-bond acceptors (Lipinski definition) is 2. The van der Waals surface area contributed by atoms with Crippen molar-refractivity contribution in [3.63, 3.8) is 0 Å². The Morgan fingerprint density at radius 2 is 2.17 bits per heavy atom. The number of nitrogens with two attached hydrogens (primary N) is 1. The third-order valence-corrected chi connectivity index (χ3v) is 1.71. The molecule has 0 aliphatic heterocycles. The summed E-state index contributed by atoms with van der Waals surface area (Å²) in [4.78, 5) is 10.0. The molecular formula is C10H11NO. The van der Waals surface area contributed by atoms with Crippen LogP contribution in [-0.4, -0.2) is 6.29 Å². The maximum Gasteiger partial charge on any atom is 0.142 e. The maximum absolute atomic E-state index is 10.0. The van der Waals surface area contributed by atoms with E-state index in [4.69, 9.17) is 5.73 Å². The minimum Gasteiger partial charge on any atom is -0.398 e. The Labute approximate surface area is 71.7 Å². The predicted molar refractivity (Wildman–Crippen MR) is 50.7 cm³/mol. The van der Waals surface area contributed by atoms with Crippen LogP contribution in [0.15, 0.2) is 24.3 Å². The molecule has 12 heavy (non-hydrogen) atoms. The lowest BCUT2D eigenvalue weighted by atomic mass is 10.1. The highest BCUT2D eigenvalue weighted by atomic mass is 16.1. The van der Waals surface area contributed by atoms with Gasteiger partial charge in [-0.3, -0.25) is 4.79 Å². The fourth-order valence-corrected chi connectivity index (χ4v) is 0.992. The average molecular weight is 161 g/mol. The van der Waals surface area contributed by atoms with E-state index in [0.29, 0.717) is 0 Å². The van der Waals surface area contributed by atoms with Crippen molar-refractivity contribution < 1.29 is 4.79 Å². The molecule has 0 saturated carbocycles. The van der Waals surface area contributed by atoms with E-state index in [-0.39, 0.29) is 0 Å². The van der Waals surface area contributed by atoms with Gasteiger partial charge in [0.1, 0.15) is 6.29 Å². The number of allylic oxidation sites excluding steroid dienone is 1. The third-order valence-electron chi connectivity index (χ3n) is 1.71. The summed E-state index contributed by atoms with van der Waals surface area (Å²) in [5, 5.41) is 0. The molecule has 0 amide bonds. The molecule has 0 aliphatic rings. The van der Waals surface area contributed by atoms with Crippen molar-refractivity contribution in [1.29, 1.82) is 0 Å². The Morgan fingerprint density at radius 3 is 2.83 bits per heavy atom. The molecule has 2 N–H and O–H groups in total. The summed E-state index contributed by atoms with van der Waals surface area (Å²) in [5.41, 5.74) is 8.41. The lowest BCUT2D eigenvalue weighted by Gasteiger charge is -2.02. The number of rotatable bonds is 2. The van der Waals surface area contributed by atoms with E-state index in [1.54, 1.807) is 6.08 Å². The molecule has 62 valence electrons. The highest BCUT2D eigenvalue weighted by molar-refractivity contribution is 5.78. The maximum atomic E-state index is 10.0. The van der Waals surface area contributed by atoms with Crippen molar-refractivity contribution in [2.75, 3.05) is 5.73 Å². The SMILES string of the molecule is Cc1cccc(C=CC=O)c1N. The fourth-order valence-electron chi connectivity index (χ4n) is 0.992. The Kier molecular flexibility index (Phi) is 2.64. The van der Waals surface area contributed by atoms with E-state index in [2.05, 4.69) is 0 Å². The Balaban J connectivity index is 3.07. The van der Waals surface area contributed by atoms with Crippen molar-refractivity contribution in [3.8, 4) is 0 Å². The van der Waals surface area contributed by atoms with Gasteiger partial charge in [-0.1, -0.05) is 18.2 Å². The van der Waals surface area contributed by atoms with Crippen LogP contribution in [0.3, 0.4) is 0 Å². The van der Waals surface area contributed by atoms with Gasteiger partial charge in [-0.15, -0.1) is 0 Å². The Hall–Kier alpha value is -1.57. The topological polar surface area (TPSA) is 43.1 Å². The van der Waals surface area contributed by atoms with Crippen LogP contribution in [0, 0.1) is 6.92 Å². The molecule has 0 heterocycles. The number of anilines is 1. The molecule has 0 bridgehead atoms. The summed E-state index contributed by atoms with van der Waals surface area (Å²) in [6.45, 7) is 1.94. The van der Waals surface area contributed by atoms with Crippen LogP contribution in [0.2, 0.25) is 0 Å². The van der Waals surface area contributed by atoms with Crippen LogP contribution in [0.1, 0.15) is 11.1 Å². The molecule has 0 unspecified atom stereocenters. The van der Waals surface area contributed by atoms with E-state index in [1.807, 2.05) is 25.1 Å². The minimum absolute atomic E-state index is 0.732. The first kappa shape index (κ1) is 8.53. The van der Waals surface area contributed by atoms with Crippen LogP contribution in [0.25, 0.3) is 6.08 Å². The van der Waals surface area contributed by atoms with E-state index < -0.39 is 0 Å². The van der Waals surface area contributed by atoms with Gasteiger partial charge in [-0.25, -0.2) is 0 Å². The summed E-state index contributed by atoms with van der Waals surface area (Å²) < 4.78 is 0.